The van der Waals surface area contributed by atoms with E-state index >= 15 is 0 Å². The molecule has 36 heavy (non-hydrogen) atoms. The Morgan fingerprint density at radius 2 is 1.83 bits per heavy atom. The van der Waals surface area contributed by atoms with Gasteiger partial charge in [-0.05, 0) is 29.8 Å². The fraction of sp³-hybridized carbons (Fsp3) is 0.182. The summed E-state index contributed by atoms with van der Waals surface area (Å²) in [7, 11) is -4.76. The number of nitrogens with zero attached hydrogens (tertiary/aromatic N) is 3. The van der Waals surface area contributed by atoms with E-state index in [2.05, 4.69) is 26.3 Å². The Kier molecular flexibility index (Phi) is 7.01. The van der Waals surface area contributed by atoms with Crippen molar-refractivity contribution < 1.29 is 30.8 Å². The molecule has 4 aromatic rings. The molecule has 0 amide bonds. The van der Waals surface area contributed by atoms with Crippen LogP contribution >= 0.6 is 0 Å². The maximum Gasteiger partial charge on any atom is 0.266 e. The van der Waals surface area contributed by atoms with Crippen LogP contribution in [-0.4, -0.2) is 46.0 Å². The van der Waals surface area contributed by atoms with Crippen LogP contribution in [0.5, 0.6) is 11.5 Å². The molecule has 0 radical (unpaired) electrons. The molecule has 14 heteroatoms. The SMILES string of the molecule is C=CS(=O)(=O)NCc1cnn(Cc2cc(OC)c3c(NS(=O)(=O)c4ccccc4OC)noc3c2)c1. The lowest BCUT2D eigenvalue weighted by atomic mass is 10.1. The van der Waals surface area contributed by atoms with E-state index in [1.165, 1.54) is 26.4 Å². The maximum atomic E-state index is 13.0. The molecule has 2 aromatic carbocycles. The van der Waals surface area contributed by atoms with Crippen molar-refractivity contribution in [3.05, 3.63) is 71.9 Å². The minimum atomic E-state index is -4.04. The van der Waals surface area contributed by atoms with Crippen LogP contribution < -0.4 is 18.9 Å². The molecule has 0 bridgehead atoms. The molecule has 2 N–H and O–H groups in total. The minimum Gasteiger partial charge on any atom is -0.496 e. The third-order valence-corrected chi connectivity index (χ3v) is 7.50. The second-order valence-electron chi connectivity index (χ2n) is 7.54. The average molecular weight is 534 g/mol. The monoisotopic (exact) mass is 533 g/mol. The lowest BCUT2D eigenvalue weighted by Crippen LogP contribution is -2.19. The minimum absolute atomic E-state index is 0.0322. The number of benzene rings is 2. The van der Waals surface area contributed by atoms with Crippen LogP contribution in [0.2, 0.25) is 0 Å². The summed E-state index contributed by atoms with van der Waals surface area (Å²) < 4.78 is 71.5. The first kappa shape index (κ1) is 25.2. The molecule has 0 saturated carbocycles. The molecule has 0 spiro atoms. The molecule has 0 atom stereocenters. The van der Waals surface area contributed by atoms with E-state index in [4.69, 9.17) is 14.0 Å². The van der Waals surface area contributed by atoms with Crippen molar-refractivity contribution in [1.82, 2.24) is 19.7 Å². The van der Waals surface area contributed by atoms with Gasteiger partial charge in [0.05, 0.1) is 27.0 Å². The highest BCUT2D eigenvalue weighted by Crippen LogP contribution is 2.35. The van der Waals surface area contributed by atoms with Gasteiger partial charge in [0.15, 0.2) is 11.4 Å². The number of hydrogen-bond acceptors (Lipinski definition) is 9. The van der Waals surface area contributed by atoms with Gasteiger partial charge in [0.25, 0.3) is 10.0 Å². The highest BCUT2D eigenvalue weighted by Gasteiger charge is 2.24. The predicted molar refractivity (Wildman–Crippen MR) is 132 cm³/mol. The quantitative estimate of drug-likeness (QED) is 0.296. The molecule has 0 saturated heterocycles. The van der Waals surface area contributed by atoms with Crippen LogP contribution in [0.1, 0.15) is 11.1 Å². The first-order valence-electron chi connectivity index (χ1n) is 10.4. The van der Waals surface area contributed by atoms with E-state index < -0.39 is 20.0 Å². The fourth-order valence-electron chi connectivity index (χ4n) is 3.45. The van der Waals surface area contributed by atoms with Crippen molar-refractivity contribution in [3.63, 3.8) is 0 Å². The van der Waals surface area contributed by atoms with Crippen LogP contribution in [0, 0.1) is 0 Å². The molecule has 0 aliphatic carbocycles. The van der Waals surface area contributed by atoms with Gasteiger partial charge in [-0.2, -0.15) is 5.10 Å². The van der Waals surface area contributed by atoms with Crippen molar-refractivity contribution in [1.29, 1.82) is 0 Å². The van der Waals surface area contributed by atoms with E-state index in [0.717, 1.165) is 11.0 Å². The zero-order valence-electron chi connectivity index (χ0n) is 19.3. The topological polar surface area (TPSA) is 155 Å². The number of nitrogens with one attached hydrogen (secondary N) is 2. The summed E-state index contributed by atoms with van der Waals surface area (Å²) in [6.45, 7) is 3.62. The predicted octanol–water partition coefficient (Wildman–Crippen LogP) is 2.45. The molecule has 4 rings (SSSR count). The van der Waals surface area contributed by atoms with E-state index in [1.807, 2.05) is 0 Å². The normalized spacial score (nSPS) is 11.9. The van der Waals surface area contributed by atoms with Gasteiger partial charge in [-0.1, -0.05) is 23.9 Å². The highest BCUT2D eigenvalue weighted by atomic mass is 32.2. The first-order valence-corrected chi connectivity index (χ1v) is 13.4. The van der Waals surface area contributed by atoms with Crippen molar-refractivity contribution in [2.45, 2.75) is 18.0 Å². The number of ether oxygens (including phenoxy) is 2. The van der Waals surface area contributed by atoms with E-state index in [1.54, 1.807) is 41.3 Å². The van der Waals surface area contributed by atoms with Gasteiger partial charge in [0, 0.05) is 23.7 Å². The number of fused-ring (bicyclic) bond motifs is 1. The Bertz CT molecular complexity index is 1630. The van der Waals surface area contributed by atoms with Crippen molar-refractivity contribution in [2.75, 3.05) is 18.9 Å². The van der Waals surface area contributed by atoms with Gasteiger partial charge in [0.2, 0.25) is 10.0 Å². The van der Waals surface area contributed by atoms with Crippen molar-refractivity contribution >= 4 is 36.8 Å². The molecular formula is C22H23N5O7S2. The van der Waals surface area contributed by atoms with Crippen LogP contribution in [0.4, 0.5) is 5.82 Å². The zero-order valence-corrected chi connectivity index (χ0v) is 21.0. The second-order valence-corrected chi connectivity index (χ2v) is 10.9. The maximum absolute atomic E-state index is 13.0. The molecule has 2 heterocycles. The van der Waals surface area contributed by atoms with E-state index in [-0.39, 0.29) is 23.0 Å². The number of rotatable bonds is 11. The smallest absolute Gasteiger partial charge is 0.266 e. The molecule has 190 valence electrons. The molecule has 0 aliphatic heterocycles. The van der Waals surface area contributed by atoms with Crippen molar-refractivity contribution in [3.8, 4) is 11.5 Å². The summed E-state index contributed by atoms with van der Waals surface area (Å²) in [6.07, 6.45) is 3.23. The lowest BCUT2D eigenvalue weighted by molar-refractivity contribution is 0.403. The number of anilines is 1. The van der Waals surface area contributed by atoms with Gasteiger partial charge in [0.1, 0.15) is 21.8 Å². The van der Waals surface area contributed by atoms with Crippen LogP contribution in [0.3, 0.4) is 0 Å². The Hall–Kier alpha value is -3.88. The highest BCUT2D eigenvalue weighted by molar-refractivity contribution is 7.93. The molecular weight excluding hydrogens is 510 g/mol. The van der Waals surface area contributed by atoms with E-state index in [9.17, 15) is 16.8 Å². The largest absolute Gasteiger partial charge is 0.496 e. The third kappa shape index (κ3) is 5.35. The molecule has 0 fully saturated rings. The Balaban J connectivity index is 1.59. The van der Waals surface area contributed by atoms with Gasteiger partial charge >= 0.3 is 0 Å². The molecule has 0 unspecified atom stereocenters. The van der Waals surface area contributed by atoms with Gasteiger partial charge in [-0.25, -0.2) is 21.6 Å². The van der Waals surface area contributed by atoms with E-state index in [0.29, 0.717) is 28.8 Å². The number of hydrogen-bond donors (Lipinski definition) is 2. The molecule has 12 nitrogen and oxygen atoms in total. The number of para-hydroxylation sites is 1. The summed E-state index contributed by atoms with van der Waals surface area (Å²) in [6, 6.07) is 9.60. The Labute approximate surface area is 207 Å². The standard InChI is InChI=1S/C22H23N5O7S2/c1-4-35(28,29)24-12-16-11-23-27(14-16)13-15-9-18(33-3)21-19(10-15)34-25-22(21)26-36(30,31)20-8-6-5-7-17(20)32-2/h4-11,14,24H,1,12-13H2,2-3H3,(H,25,26). The summed E-state index contributed by atoms with van der Waals surface area (Å²) in [5.74, 6) is 0.491. The van der Waals surface area contributed by atoms with Crippen molar-refractivity contribution in [2.24, 2.45) is 0 Å². The molecule has 0 aliphatic rings. The fourth-order valence-corrected chi connectivity index (χ4v) is 5.11. The summed E-state index contributed by atoms with van der Waals surface area (Å²) in [5, 5.41) is 9.32. The van der Waals surface area contributed by atoms with Crippen LogP contribution in [-0.2, 0) is 33.1 Å². The number of sulfonamides is 2. The first-order chi connectivity index (χ1) is 17.2. The summed E-state index contributed by atoms with van der Waals surface area (Å²) in [4.78, 5) is -0.0518. The molecule has 2 aromatic heterocycles. The zero-order chi connectivity index (χ0) is 25.9. The average Bonchev–Trinajstić information content (AvgIpc) is 3.49. The Morgan fingerprint density at radius 1 is 1.08 bits per heavy atom. The number of aromatic nitrogens is 3. The Morgan fingerprint density at radius 3 is 2.56 bits per heavy atom. The van der Waals surface area contributed by atoms with Gasteiger partial charge in [-0.3, -0.25) is 9.40 Å². The van der Waals surface area contributed by atoms with Gasteiger partial charge < -0.3 is 14.0 Å². The van der Waals surface area contributed by atoms with Gasteiger partial charge in [-0.15, -0.1) is 0 Å². The third-order valence-electron chi connectivity index (χ3n) is 5.14. The second kappa shape index (κ2) is 10.0. The van der Waals surface area contributed by atoms with Crippen LogP contribution in [0.25, 0.3) is 11.0 Å². The number of methoxy groups -OCH3 is 2. The summed E-state index contributed by atoms with van der Waals surface area (Å²) >= 11 is 0. The summed E-state index contributed by atoms with van der Waals surface area (Å²) in [5.41, 5.74) is 1.69. The van der Waals surface area contributed by atoms with Crippen LogP contribution in [0.15, 0.2) is 70.2 Å². The lowest BCUT2D eigenvalue weighted by Gasteiger charge is -2.11.